The Hall–Kier alpha value is -4.27. The molecule has 6 aliphatic rings. The van der Waals surface area contributed by atoms with Crippen LogP contribution in [0.3, 0.4) is 0 Å². The molecule has 0 radical (unpaired) electrons. The lowest BCUT2D eigenvalue weighted by Gasteiger charge is -2.30. The van der Waals surface area contributed by atoms with Crippen LogP contribution < -0.4 is 20.1 Å². The molecule has 4 heterocycles. The molecule has 1 aromatic heterocycles. The fourth-order valence-electron chi connectivity index (χ4n) is 8.24. The SMILES string of the molecule is CC1(S(=O)(=O)NC(=O)[C@@]23C[C@H]2/C=C\CCCCC[C@@H]2NC(=O)O[C@@H]4C[C@H]4CCCCCc4nc5ccccc5nc4O[C@@H]4C[C@@H](C(=O)N3)N(C4)C2=O)CC1. The third-order valence-electron chi connectivity index (χ3n) is 12.3. The second-order valence-electron chi connectivity index (χ2n) is 16.4. The summed E-state index contributed by atoms with van der Waals surface area (Å²) in [5.41, 5.74) is 0.632. The largest absolute Gasteiger partial charge is 0.471 e. The maximum Gasteiger partial charge on any atom is 0.408 e. The highest BCUT2D eigenvalue weighted by Crippen LogP contribution is 2.47. The van der Waals surface area contributed by atoms with Gasteiger partial charge in [0.2, 0.25) is 27.7 Å². The molecule has 7 atom stereocenters. The Kier molecular flexibility index (Phi) is 9.80. The molecule has 1 aromatic carbocycles. The van der Waals surface area contributed by atoms with E-state index in [9.17, 15) is 27.6 Å². The third-order valence-corrected chi connectivity index (χ3v) is 14.4. The average Bonchev–Trinajstić information content (AvgIpc) is 4.10. The Morgan fingerprint density at radius 3 is 2.52 bits per heavy atom. The Balaban J connectivity index is 1.12. The smallest absolute Gasteiger partial charge is 0.408 e. The van der Waals surface area contributed by atoms with Crippen LogP contribution in [0.15, 0.2) is 36.4 Å². The van der Waals surface area contributed by atoms with Crippen molar-refractivity contribution < 1.29 is 37.1 Å². The zero-order chi connectivity index (χ0) is 37.7. The van der Waals surface area contributed by atoms with Crippen molar-refractivity contribution in [2.75, 3.05) is 6.54 Å². The number of hydrogen-bond donors (Lipinski definition) is 3. The molecule has 0 spiro atoms. The highest BCUT2D eigenvalue weighted by Gasteiger charge is 2.63. The van der Waals surface area contributed by atoms with Crippen LogP contribution in [0.4, 0.5) is 4.79 Å². The molecule has 3 aliphatic carbocycles. The molecule has 54 heavy (non-hydrogen) atoms. The number of rotatable bonds is 3. The van der Waals surface area contributed by atoms with Crippen molar-refractivity contribution >= 4 is 44.9 Å². The Morgan fingerprint density at radius 1 is 0.963 bits per heavy atom. The standard InChI is InChI=1S/C39H50N6O8S/c1-38(18-19-38)54(50,51)44-36(48)39-22-25(39)13-7-3-2-4-8-17-30-35(47)45-23-26(21-31(45)33(46)43-39)52-34-29(40-27-14-10-11-15-28(27)41-34)16-9-5-6-12-24-20-32(24)53-37(49)42-30/h7,10-11,13-15,24-26,30-32H,2-6,8-9,12,16-23H2,1H3,(H,42,49)(H,43,46)(H,44,48)/b13-7-/t24-,25-,26-,30+,31+,32-,39-/m1/s1. The molecule has 3 saturated carbocycles. The summed E-state index contributed by atoms with van der Waals surface area (Å²) in [7, 11) is -3.97. The number of carbonyl (C=O) groups is 4. The maximum absolute atomic E-state index is 14.6. The van der Waals surface area contributed by atoms with E-state index in [1.165, 1.54) is 4.90 Å². The first-order chi connectivity index (χ1) is 25.9. The minimum absolute atomic E-state index is 0.0258. The molecule has 14 nitrogen and oxygen atoms in total. The van der Waals surface area contributed by atoms with Gasteiger partial charge in [0.25, 0.3) is 5.91 Å². The molecule has 8 rings (SSSR count). The molecule has 4 fully saturated rings. The lowest BCUT2D eigenvalue weighted by molar-refractivity contribution is -0.141. The van der Waals surface area contributed by atoms with E-state index in [1.54, 1.807) is 6.92 Å². The van der Waals surface area contributed by atoms with Gasteiger partial charge in [-0.25, -0.2) is 23.2 Å². The molecule has 0 unspecified atom stereocenters. The van der Waals surface area contributed by atoms with Crippen molar-refractivity contribution in [2.24, 2.45) is 11.8 Å². The summed E-state index contributed by atoms with van der Waals surface area (Å²) in [6.07, 6.45) is 12.1. The molecule has 4 amide bonds. The Morgan fingerprint density at radius 2 is 1.72 bits per heavy atom. The zero-order valence-electron chi connectivity index (χ0n) is 30.8. The van der Waals surface area contributed by atoms with Crippen LogP contribution in [0.5, 0.6) is 5.88 Å². The van der Waals surface area contributed by atoms with Gasteiger partial charge in [-0.3, -0.25) is 19.1 Å². The van der Waals surface area contributed by atoms with Crippen molar-refractivity contribution in [1.29, 1.82) is 0 Å². The Labute approximate surface area is 315 Å². The van der Waals surface area contributed by atoms with Crippen LogP contribution in [-0.2, 0) is 35.6 Å². The van der Waals surface area contributed by atoms with Gasteiger partial charge in [0.15, 0.2) is 0 Å². The summed E-state index contributed by atoms with van der Waals surface area (Å²) >= 11 is 0. The summed E-state index contributed by atoms with van der Waals surface area (Å²) in [5.74, 6) is -1.59. The van der Waals surface area contributed by atoms with Gasteiger partial charge in [0.1, 0.15) is 35.5 Å². The van der Waals surface area contributed by atoms with Gasteiger partial charge in [-0.05, 0) is 89.2 Å². The van der Waals surface area contributed by atoms with E-state index in [0.29, 0.717) is 55.6 Å². The van der Waals surface area contributed by atoms with Crippen LogP contribution in [-0.4, -0.2) is 88.2 Å². The number of aryl methyl sites for hydroxylation is 1. The summed E-state index contributed by atoms with van der Waals surface area (Å²) in [6, 6.07) is 5.54. The van der Waals surface area contributed by atoms with Crippen molar-refractivity contribution in [1.82, 2.24) is 30.2 Å². The highest BCUT2D eigenvalue weighted by molar-refractivity contribution is 7.91. The van der Waals surface area contributed by atoms with Gasteiger partial charge < -0.3 is 25.0 Å². The molecule has 1 saturated heterocycles. The summed E-state index contributed by atoms with van der Waals surface area (Å²) < 4.78 is 39.9. The van der Waals surface area contributed by atoms with Crippen LogP contribution in [0.1, 0.15) is 103 Å². The van der Waals surface area contributed by atoms with Crippen LogP contribution in [0, 0.1) is 11.8 Å². The first-order valence-corrected chi connectivity index (χ1v) is 21.2. The predicted molar refractivity (Wildman–Crippen MR) is 197 cm³/mol. The van der Waals surface area contributed by atoms with E-state index < -0.39 is 68.2 Å². The van der Waals surface area contributed by atoms with Crippen LogP contribution in [0.2, 0.25) is 0 Å². The van der Waals surface area contributed by atoms with E-state index in [1.807, 2.05) is 36.4 Å². The monoisotopic (exact) mass is 762 g/mol. The molecule has 15 heteroatoms. The molecule has 3 aliphatic heterocycles. The quantitative estimate of drug-likeness (QED) is 0.387. The van der Waals surface area contributed by atoms with E-state index in [-0.39, 0.29) is 31.4 Å². The normalized spacial score (nSPS) is 33.4. The van der Waals surface area contributed by atoms with Crippen molar-refractivity contribution in [3.8, 4) is 5.88 Å². The fourth-order valence-corrected chi connectivity index (χ4v) is 9.55. The van der Waals surface area contributed by atoms with Crippen molar-refractivity contribution in [3.05, 3.63) is 42.1 Å². The number of alkyl carbamates (subject to hydrolysis) is 1. The topological polar surface area (TPSA) is 186 Å². The minimum atomic E-state index is -3.97. The molecular formula is C39H50N6O8S. The number of carbonyl (C=O) groups excluding carboxylic acids is 4. The van der Waals surface area contributed by atoms with Crippen molar-refractivity contribution in [2.45, 2.75) is 138 Å². The highest BCUT2D eigenvalue weighted by atomic mass is 32.2. The molecule has 3 bridgehead atoms. The number of ether oxygens (including phenoxy) is 2. The van der Waals surface area contributed by atoms with Gasteiger partial charge in [-0.2, -0.15) is 0 Å². The summed E-state index contributed by atoms with van der Waals surface area (Å²) in [4.78, 5) is 67.3. The maximum atomic E-state index is 14.6. The first-order valence-electron chi connectivity index (χ1n) is 19.7. The third kappa shape index (κ3) is 7.52. The average molecular weight is 763 g/mol. The number of benzene rings is 1. The minimum Gasteiger partial charge on any atom is -0.471 e. The van der Waals surface area contributed by atoms with Crippen LogP contribution >= 0.6 is 0 Å². The lowest BCUT2D eigenvalue weighted by atomic mass is 10.0. The summed E-state index contributed by atoms with van der Waals surface area (Å²) in [6.45, 7) is 1.63. The van der Waals surface area contributed by atoms with Gasteiger partial charge in [-0.15, -0.1) is 0 Å². The van der Waals surface area contributed by atoms with Gasteiger partial charge in [0.05, 0.1) is 22.3 Å². The number of para-hydroxylation sites is 2. The molecule has 3 N–H and O–H groups in total. The number of sulfonamides is 1. The number of allylic oxidation sites excluding steroid dienone is 1. The molecule has 290 valence electrons. The number of fused-ring (bicyclic) bond motifs is 6. The second-order valence-corrected chi connectivity index (χ2v) is 18.6. The first kappa shape index (κ1) is 36.7. The van der Waals surface area contributed by atoms with Gasteiger partial charge in [-0.1, -0.05) is 50.0 Å². The second kappa shape index (κ2) is 14.4. The zero-order valence-corrected chi connectivity index (χ0v) is 31.6. The van der Waals surface area contributed by atoms with E-state index in [2.05, 4.69) is 15.4 Å². The van der Waals surface area contributed by atoms with E-state index in [4.69, 9.17) is 19.4 Å². The van der Waals surface area contributed by atoms with E-state index in [0.717, 1.165) is 50.5 Å². The number of amides is 4. The van der Waals surface area contributed by atoms with Gasteiger partial charge >= 0.3 is 6.09 Å². The Bertz CT molecular complexity index is 1970. The number of nitrogens with one attached hydrogen (secondary N) is 3. The predicted octanol–water partition coefficient (Wildman–Crippen LogP) is 3.97. The number of nitrogens with zero attached hydrogens (tertiary/aromatic N) is 3. The summed E-state index contributed by atoms with van der Waals surface area (Å²) in [5, 5.41) is 5.75. The molecular weight excluding hydrogens is 713 g/mol. The molecule has 2 aromatic rings. The fraction of sp³-hybridized carbons (Fsp3) is 0.641. The number of hydrogen-bond acceptors (Lipinski definition) is 10. The van der Waals surface area contributed by atoms with Gasteiger partial charge in [0, 0.05) is 12.3 Å². The van der Waals surface area contributed by atoms with E-state index >= 15 is 0 Å². The number of aromatic nitrogens is 2. The van der Waals surface area contributed by atoms with Crippen molar-refractivity contribution in [3.63, 3.8) is 0 Å². The lowest BCUT2D eigenvalue weighted by Crippen LogP contribution is -2.58. The van der Waals surface area contributed by atoms with Crippen LogP contribution in [0.25, 0.3) is 11.0 Å².